The van der Waals surface area contributed by atoms with Crippen LogP contribution in [0.25, 0.3) is 0 Å². The van der Waals surface area contributed by atoms with E-state index >= 15 is 0 Å². The fourth-order valence-electron chi connectivity index (χ4n) is 1.74. The third-order valence-corrected chi connectivity index (χ3v) is 2.57. The first-order valence-electron chi connectivity index (χ1n) is 4.66. The fraction of sp³-hybridized carbons (Fsp3) is 0.200. The first kappa shape index (κ1) is 11.1. The number of methoxy groups -OCH3 is 1. The third kappa shape index (κ3) is 1.43. The number of nitro groups is 1. The van der Waals surface area contributed by atoms with Gasteiger partial charge in [0.2, 0.25) is 0 Å². The van der Waals surface area contributed by atoms with Crippen LogP contribution in [0.1, 0.15) is 10.4 Å². The second-order valence-electron chi connectivity index (χ2n) is 3.49. The average molecular weight is 236 g/mol. The zero-order chi connectivity index (χ0) is 12.7. The Morgan fingerprint density at radius 1 is 1.35 bits per heavy atom. The molecule has 1 aliphatic rings. The van der Waals surface area contributed by atoms with E-state index in [1.165, 1.54) is 20.2 Å². The number of non-ortho nitro benzene ring substituents is 1. The number of benzene rings is 1. The van der Waals surface area contributed by atoms with Gasteiger partial charge >= 0.3 is 0 Å². The highest BCUT2D eigenvalue weighted by atomic mass is 16.6. The van der Waals surface area contributed by atoms with Crippen LogP contribution in [-0.4, -0.2) is 30.8 Å². The molecule has 1 aromatic rings. The molecule has 17 heavy (non-hydrogen) atoms. The summed E-state index contributed by atoms with van der Waals surface area (Å²) < 4.78 is 4.96. The summed E-state index contributed by atoms with van der Waals surface area (Å²) in [6, 6.07) is 2.27. The maximum atomic E-state index is 11.6. The van der Waals surface area contributed by atoms with E-state index in [0.29, 0.717) is 0 Å². The zero-order valence-electron chi connectivity index (χ0n) is 9.09. The van der Waals surface area contributed by atoms with Gasteiger partial charge in [-0.25, -0.2) is 0 Å². The number of hydrogen-bond donors (Lipinski definition) is 0. The van der Waals surface area contributed by atoms with Gasteiger partial charge in [0, 0.05) is 13.1 Å². The number of likely N-dealkylation sites (N-methyl/N-ethyl adjacent to an activating group) is 1. The zero-order valence-corrected chi connectivity index (χ0v) is 9.09. The first-order chi connectivity index (χ1) is 7.97. The molecule has 1 heterocycles. The lowest BCUT2D eigenvalue weighted by atomic mass is 10.1. The summed E-state index contributed by atoms with van der Waals surface area (Å²) in [5, 5.41) is 10.7. The lowest BCUT2D eigenvalue weighted by Gasteiger charge is -2.12. The van der Waals surface area contributed by atoms with E-state index in [9.17, 15) is 19.7 Å². The fourth-order valence-corrected chi connectivity index (χ4v) is 1.74. The Hall–Kier alpha value is -2.44. The molecule has 88 valence electrons. The average Bonchev–Trinajstić information content (AvgIpc) is 2.53. The molecule has 0 fully saturated rings. The predicted molar refractivity (Wildman–Crippen MR) is 57.4 cm³/mol. The third-order valence-electron chi connectivity index (χ3n) is 2.57. The standard InChI is InChI=1S/C10H8N2O5/c1-11-8-6(9(13)10(11)14)3-5(12(15)16)4-7(8)17-2/h3-4H,1-2H3. The van der Waals surface area contributed by atoms with Crippen molar-refractivity contribution >= 4 is 23.1 Å². The van der Waals surface area contributed by atoms with Crippen molar-refractivity contribution in [1.82, 2.24) is 0 Å². The Morgan fingerprint density at radius 2 is 2.00 bits per heavy atom. The molecular weight excluding hydrogens is 228 g/mol. The molecule has 0 bridgehead atoms. The van der Waals surface area contributed by atoms with Gasteiger partial charge in [-0.3, -0.25) is 19.7 Å². The molecule has 7 nitrogen and oxygen atoms in total. The molecule has 0 saturated carbocycles. The van der Waals surface area contributed by atoms with Gasteiger partial charge in [0.05, 0.1) is 29.4 Å². The highest BCUT2D eigenvalue weighted by Gasteiger charge is 2.37. The van der Waals surface area contributed by atoms with Crippen molar-refractivity contribution in [3.8, 4) is 5.75 Å². The predicted octanol–water partition coefficient (Wildman–Crippen LogP) is 0.762. The van der Waals surface area contributed by atoms with Crippen LogP contribution in [0.2, 0.25) is 0 Å². The molecule has 0 N–H and O–H groups in total. The maximum absolute atomic E-state index is 11.6. The molecule has 1 aliphatic heterocycles. The van der Waals surface area contributed by atoms with E-state index in [0.717, 1.165) is 11.0 Å². The van der Waals surface area contributed by atoms with Crippen molar-refractivity contribution in [2.24, 2.45) is 0 Å². The molecule has 0 spiro atoms. The number of amides is 1. The van der Waals surface area contributed by atoms with Crippen LogP contribution in [0.3, 0.4) is 0 Å². The summed E-state index contributed by atoms with van der Waals surface area (Å²) >= 11 is 0. The van der Waals surface area contributed by atoms with E-state index < -0.39 is 16.6 Å². The Labute approximate surface area is 95.7 Å². The topological polar surface area (TPSA) is 89.8 Å². The number of ketones is 1. The van der Waals surface area contributed by atoms with Crippen LogP contribution < -0.4 is 9.64 Å². The number of fused-ring (bicyclic) bond motifs is 1. The minimum absolute atomic E-state index is 0.00329. The van der Waals surface area contributed by atoms with E-state index in [1.54, 1.807) is 0 Å². The molecule has 0 saturated heterocycles. The molecule has 0 atom stereocenters. The quantitative estimate of drug-likeness (QED) is 0.429. The van der Waals surface area contributed by atoms with Gasteiger partial charge in [0.1, 0.15) is 5.75 Å². The molecular formula is C10H8N2O5. The van der Waals surface area contributed by atoms with Crippen LogP contribution >= 0.6 is 0 Å². The second kappa shape index (κ2) is 3.55. The van der Waals surface area contributed by atoms with Crippen LogP contribution in [0.4, 0.5) is 11.4 Å². The van der Waals surface area contributed by atoms with E-state index in [2.05, 4.69) is 0 Å². The molecule has 1 amide bonds. The van der Waals surface area contributed by atoms with Crippen molar-refractivity contribution < 1.29 is 19.2 Å². The number of hydrogen-bond acceptors (Lipinski definition) is 5. The summed E-state index contributed by atoms with van der Waals surface area (Å²) in [5.74, 6) is -1.35. The Bertz CT molecular complexity index is 552. The number of nitrogens with zero attached hydrogens (tertiary/aromatic N) is 2. The smallest absolute Gasteiger partial charge is 0.299 e. The minimum Gasteiger partial charge on any atom is -0.494 e. The lowest BCUT2D eigenvalue weighted by Crippen LogP contribution is -2.25. The normalized spacial score (nSPS) is 13.9. The first-order valence-corrected chi connectivity index (χ1v) is 4.66. The van der Waals surface area contributed by atoms with Crippen LogP contribution in [0, 0.1) is 10.1 Å². The number of rotatable bonds is 2. The van der Waals surface area contributed by atoms with Crippen molar-refractivity contribution in [3.63, 3.8) is 0 Å². The van der Waals surface area contributed by atoms with Gasteiger partial charge in [0.25, 0.3) is 17.4 Å². The van der Waals surface area contributed by atoms with Gasteiger partial charge < -0.3 is 9.64 Å². The number of ether oxygens (including phenoxy) is 1. The lowest BCUT2D eigenvalue weighted by molar-refractivity contribution is -0.384. The number of anilines is 1. The molecule has 2 rings (SSSR count). The largest absolute Gasteiger partial charge is 0.494 e. The van der Waals surface area contributed by atoms with Gasteiger partial charge in [-0.2, -0.15) is 0 Å². The summed E-state index contributed by atoms with van der Waals surface area (Å²) in [6.07, 6.45) is 0. The molecule has 0 aliphatic carbocycles. The minimum atomic E-state index is -0.760. The van der Waals surface area contributed by atoms with Crippen LogP contribution in [0.5, 0.6) is 5.75 Å². The van der Waals surface area contributed by atoms with E-state index in [-0.39, 0.29) is 22.7 Å². The molecule has 0 unspecified atom stereocenters. The second-order valence-corrected chi connectivity index (χ2v) is 3.49. The molecule has 0 aromatic heterocycles. The Balaban J connectivity index is 2.73. The highest BCUT2D eigenvalue weighted by Crippen LogP contribution is 2.39. The Morgan fingerprint density at radius 3 is 2.53 bits per heavy atom. The van der Waals surface area contributed by atoms with Gasteiger partial charge in [-0.15, -0.1) is 0 Å². The highest BCUT2D eigenvalue weighted by molar-refractivity contribution is 6.52. The molecule has 0 radical (unpaired) electrons. The Kier molecular flexibility index (Phi) is 2.31. The van der Waals surface area contributed by atoms with Crippen LogP contribution in [-0.2, 0) is 4.79 Å². The summed E-state index contributed by atoms with van der Waals surface area (Å²) in [6.45, 7) is 0. The summed E-state index contributed by atoms with van der Waals surface area (Å²) in [7, 11) is 2.74. The SMILES string of the molecule is COc1cc([N+](=O)[O-])cc2c1N(C)C(=O)C2=O. The van der Waals surface area contributed by atoms with Crippen molar-refractivity contribution in [2.45, 2.75) is 0 Å². The number of carbonyl (C=O) groups excluding carboxylic acids is 2. The molecule has 7 heteroatoms. The summed E-state index contributed by atoms with van der Waals surface area (Å²) in [4.78, 5) is 34.2. The number of carbonyl (C=O) groups is 2. The van der Waals surface area contributed by atoms with Gasteiger partial charge in [0.15, 0.2) is 0 Å². The maximum Gasteiger partial charge on any atom is 0.299 e. The monoisotopic (exact) mass is 236 g/mol. The van der Waals surface area contributed by atoms with Gasteiger partial charge in [-0.1, -0.05) is 0 Å². The van der Waals surface area contributed by atoms with Crippen molar-refractivity contribution in [3.05, 3.63) is 27.8 Å². The van der Waals surface area contributed by atoms with E-state index in [4.69, 9.17) is 4.74 Å². The number of Topliss-reactive ketones (excluding diaryl/α,β-unsaturated/α-hetero) is 1. The summed E-state index contributed by atoms with van der Waals surface area (Å²) in [5.41, 5.74) is -0.00583. The van der Waals surface area contributed by atoms with Gasteiger partial charge in [-0.05, 0) is 0 Å². The van der Waals surface area contributed by atoms with E-state index in [1.807, 2.05) is 0 Å². The van der Waals surface area contributed by atoms with Crippen molar-refractivity contribution in [1.29, 1.82) is 0 Å². The van der Waals surface area contributed by atoms with Crippen molar-refractivity contribution in [2.75, 3.05) is 19.1 Å². The number of nitro benzene ring substituents is 1. The molecule has 1 aromatic carbocycles. The van der Waals surface area contributed by atoms with Crippen LogP contribution in [0.15, 0.2) is 12.1 Å².